The van der Waals surface area contributed by atoms with E-state index in [1.807, 2.05) is 6.07 Å². The standard InChI is InChI=1S/C16H12FN5/c1-22-9-13(11-4-6-18-16-12(11)5-7-19-16)15(21-22)14-3-2-10(17)8-20-14/h2-9H,1H3,(H,18,19)/i1D3. The zero-order valence-electron chi connectivity index (χ0n) is 14.3. The molecule has 0 aliphatic heterocycles. The van der Waals surface area contributed by atoms with Gasteiger partial charge in [0.05, 0.1) is 11.9 Å². The Balaban J connectivity index is 1.99. The highest BCUT2D eigenvalue weighted by Crippen LogP contribution is 2.33. The van der Waals surface area contributed by atoms with Crippen molar-refractivity contribution >= 4 is 11.0 Å². The zero-order chi connectivity index (χ0) is 17.6. The van der Waals surface area contributed by atoms with E-state index in [1.54, 1.807) is 18.5 Å². The predicted octanol–water partition coefficient (Wildman–Crippen LogP) is 3.16. The number of hydrogen-bond donors (Lipinski definition) is 1. The van der Waals surface area contributed by atoms with Gasteiger partial charge in [-0.3, -0.25) is 9.67 Å². The van der Waals surface area contributed by atoms with E-state index in [-0.39, 0.29) is 0 Å². The predicted molar refractivity (Wildman–Crippen MR) is 81.5 cm³/mol. The lowest BCUT2D eigenvalue weighted by Gasteiger charge is -2.03. The van der Waals surface area contributed by atoms with Crippen molar-refractivity contribution in [3.05, 3.63) is 54.9 Å². The zero-order valence-corrected chi connectivity index (χ0v) is 11.3. The van der Waals surface area contributed by atoms with Gasteiger partial charge in [0.1, 0.15) is 17.2 Å². The summed E-state index contributed by atoms with van der Waals surface area (Å²) in [5, 5.41) is 5.02. The van der Waals surface area contributed by atoms with Crippen LogP contribution in [0.3, 0.4) is 0 Å². The van der Waals surface area contributed by atoms with Crippen molar-refractivity contribution < 1.29 is 8.50 Å². The van der Waals surface area contributed by atoms with Crippen LogP contribution in [0, 0.1) is 5.82 Å². The third-order valence-corrected chi connectivity index (χ3v) is 3.43. The van der Waals surface area contributed by atoms with Crippen LogP contribution in [0.25, 0.3) is 33.5 Å². The number of halogens is 1. The van der Waals surface area contributed by atoms with E-state index in [0.717, 1.165) is 21.8 Å². The van der Waals surface area contributed by atoms with Crippen LogP contribution in [0.5, 0.6) is 0 Å². The normalized spacial score (nSPS) is 13.8. The fraction of sp³-hybridized carbons (Fsp3) is 0.0625. The maximum Gasteiger partial charge on any atom is 0.141 e. The quantitative estimate of drug-likeness (QED) is 0.618. The number of hydrogen-bond acceptors (Lipinski definition) is 3. The largest absolute Gasteiger partial charge is 0.346 e. The van der Waals surface area contributed by atoms with Gasteiger partial charge >= 0.3 is 0 Å². The summed E-state index contributed by atoms with van der Waals surface area (Å²) in [6, 6.07) is 6.37. The maximum absolute atomic E-state index is 13.2. The van der Waals surface area contributed by atoms with Gasteiger partial charge in [-0.25, -0.2) is 9.37 Å². The molecule has 0 spiro atoms. The minimum Gasteiger partial charge on any atom is -0.346 e. The first-order valence-electron chi connectivity index (χ1n) is 8.08. The molecule has 0 fully saturated rings. The van der Waals surface area contributed by atoms with Crippen LogP contribution >= 0.6 is 0 Å². The highest BCUT2D eigenvalue weighted by molar-refractivity contribution is 5.96. The van der Waals surface area contributed by atoms with Crippen molar-refractivity contribution in [1.82, 2.24) is 24.7 Å². The maximum atomic E-state index is 13.2. The van der Waals surface area contributed by atoms with E-state index in [0.29, 0.717) is 22.6 Å². The number of H-pyrrole nitrogens is 1. The Kier molecular flexibility index (Phi) is 2.13. The lowest BCUT2D eigenvalue weighted by atomic mass is 10.0. The molecule has 0 aromatic carbocycles. The fourth-order valence-electron chi connectivity index (χ4n) is 2.47. The molecule has 4 rings (SSSR count). The number of aromatic nitrogens is 5. The summed E-state index contributed by atoms with van der Waals surface area (Å²) < 4.78 is 36.9. The van der Waals surface area contributed by atoms with Gasteiger partial charge in [-0.1, -0.05) is 0 Å². The van der Waals surface area contributed by atoms with Gasteiger partial charge in [0.15, 0.2) is 0 Å². The van der Waals surface area contributed by atoms with Gasteiger partial charge in [0.2, 0.25) is 0 Å². The number of rotatable bonds is 2. The molecule has 1 N–H and O–H groups in total. The summed E-state index contributed by atoms with van der Waals surface area (Å²) in [7, 11) is 0. The highest BCUT2D eigenvalue weighted by Gasteiger charge is 2.16. The van der Waals surface area contributed by atoms with Gasteiger partial charge in [-0.15, -0.1) is 0 Å². The Labute approximate surface area is 129 Å². The van der Waals surface area contributed by atoms with Gasteiger partial charge in [0, 0.05) is 40.6 Å². The number of aromatic amines is 1. The first-order valence-corrected chi connectivity index (χ1v) is 6.58. The Morgan fingerprint density at radius 1 is 1.18 bits per heavy atom. The van der Waals surface area contributed by atoms with E-state index < -0.39 is 12.8 Å². The van der Waals surface area contributed by atoms with Crippen molar-refractivity contribution in [3.8, 4) is 22.5 Å². The molecule has 5 nitrogen and oxygen atoms in total. The van der Waals surface area contributed by atoms with E-state index >= 15 is 0 Å². The van der Waals surface area contributed by atoms with Crippen molar-refractivity contribution in [3.63, 3.8) is 0 Å². The molecular weight excluding hydrogens is 281 g/mol. The van der Waals surface area contributed by atoms with Crippen LogP contribution < -0.4 is 0 Å². The molecule has 0 radical (unpaired) electrons. The van der Waals surface area contributed by atoms with Crippen molar-refractivity contribution in [2.45, 2.75) is 0 Å². The number of aryl methyl sites for hydroxylation is 1. The number of fused-ring (bicyclic) bond motifs is 1. The number of pyridine rings is 2. The van der Waals surface area contributed by atoms with Gasteiger partial charge in [-0.2, -0.15) is 5.10 Å². The van der Waals surface area contributed by atoms with Gasteiger partial charge in [0.25, 0.3) is 0 Å². The Hall–Kier alpha value is -3.02. The summed E-state index contributed by atoms with van der Waals surface area (Å²) >= 11 is 0. The summed E-state index contributed by atoms with van der Waals surface area (Å²) in [5.74, 6) is -0.475. The molecule has 0 bridgehead atoms. The molecule has 0 saturated heterocycles. The monoisotopic (exact) mass is 296 g/mol. The first kappa shape index (κ1) is 9.83. The molecule has 6 heteroatoms. The SMILES string of the molecule is [2H]C([2H])([2H])n1cc(-c2ccnc3[nH]ccc23)c(-c2ccc(F)cn2)n1. The van der Waals surface area contributed by atoms with Crippen LogP contribution in [-0.4, -0.2) is 24.7 Å². The second kappa shape index (κ2) is 4.77. The summed E-state index contributed by atoms with van der Waals surface area (Å²) in [6.45, 7) is -2.43. The molecule has 4 aromatic heterocycles. The van der Waals surface area contributed by atoms with E-state index in [4.69, 9.17) is 4.11 Å². The van der Waals surface area contributed by atoms with Crippen LogP contribution in [0.15, 0.2) is 49.1 Å². The smallest absolute Gasteiger partial charge is 0.141 e. The minimum absolute atomic E-state index is 0.366. The molecule has 0 amide bonds. The van der Waals surface area contributed by atoms with E-state index in [1.165, 1.54) is 18.3 Å². The molecule has 0 unspecified atom stereocenters. The van der Waals surface area contributed by atoms with Crippen LogP contribution in [0.1, 0.15) is 4.11 Å². The lowest BCUT2D eigenvalue weighted by Crippen LogP contribution is -1.90. The number of nitrogens with one attached hydrogen (secondary N) is 1. The molecule has 108 valence electrons. The molecule has 4 heterocycles. The summed E-state index contributed by atoms with van der Waals surface area (Å²) in [5.41, 5.74) is 2.78. The molecule has 0 atom stereocenters. The fourth-order valence-corrected chi connectivity index (χ4v) is 2.47. The Morgan fingerprint density at radius 2 is 2.14 bits per heavy atom. The average molecular weight is 296 g/mol. The first-order chi connectivity index (χ1) is 11.9. The molecule has 0 aliphatic rings. The van der Waals surface area contributed by atoms with Crippen molar-refractivity contribution in [1.29, 1.82) is 0 Å². The summed E-state index contributed by atoms with van der Waals surface area (Å²) in [6.07, 6.45) is 5.91. The highest BCUT2D eigenvalue weighted by atomic mass is 19.1. The van der Waals surface area contributed by atoms with E-state index in [9.17, 15) is 4.39 Å². The van der Waals surface area contributed by atoms with Gasteiger partial charge < -0.3 is 4.98 Å². The average Bonchev–Trinajstić information content (AvgIpc) is 3.21. The topological polar surface area (TPSA) is 59.4 Å². The third kappa shape index (κ3) is 1.96. The molecule has 0 saturated carbocycles. The van der Waals surface area contributed by atoms with Crippen molar-refractivity contribution in [2.75, 3.05) is 0 Å². The van der Waals surface area contributed by atoms with Crippen LogP contribution in [0.4, 0.5) is 4.39 Å². The van der Waals surface area contributed by atoms with Gasteiger partial charge in [-0.05, 0) is 29.8 Å². The minimum atomic E-state index is -2.43. The molecule has 0 aliphatic carbocycles. The summed E-state index contributed by atoms with van der Waals surface area (Å²) in [4.78, 5) is 11.3. The van der Waals surface area contributed by atoms with E-state index in [2.05, 4.69) is 20.1 Å². The lowest BCUT2D eigenvalue weighted by molar-refractivity contribution is 0.621. The third-order valence-electron chi connectivity index (χ3n) is 3.43. The second-order valence-electron chi connectivity index (χ2n) is 4.80. The molecular formula is C16H12FN5. The Morgan fingerprint density at radius 3 is 2.95 bits per heavy atom. The second-order valence-corrected chi connectivity index (χ2v) is 4.80. The number of nitrogens with zero attached hydrogens (tertiary/aromatic N) is 4. The molecule has 4 aromatic rings. The Bertz CT molecular complexity index is 1050. The van der Waals surface area contributed by atoms with Crippen LogP contribution in [-0.2, 0) is 6.98 Å². The van der Waals surface area contributed by atoms with Crippen LogP contribution in [0.2, 0.25) is 0 Å². The molecule has 22 heavy (non-hydrogen) atoms. The van der Waals surface area contributed by atoms with Crippen molar-refractivity contribution in [2.24, 2.45) is 6.98 Å².